The van der Waals surface area contributed by atoms with Crippen LogP contribution in [-0.2, 0) is 5.41 Å². The SMILES string of the molecule is CC(C)(C)c1cn(-c2c(C#N)c(N=[N+]=[N-])nc(N=[N+]=[N-])c2C#N)nn1. The van der Waals surface area contributed by atoms with E-state index in [-0.39, 0.29) is 33.9 Å². The summed E-state index contributed by atoms with van der Waals surface area (Å²) in [6.07, 6.45) is 1.54. The minimum Gasteiger partial charge on any atom is -0.241 e. The van der Waals surface area contributed by atoms with Gasteiger partial charge in [-0.3, -0.25) is 0 Å². The number of hydrogen-bond acceptors (Lipinski definition) is 7. The van der Waals surface area contributed by atoms with E-state index in [0.717, 1.165) is 0 Å². The van der Waals surface area contributed by atoms with E-state index in [1.54, 1.807) is 0 Å². The Morgan fingerprint density at radius 1 is 1.08 bits per heavy atom. The van der Waals surface area contributed by atoms with Crippen molar-refractivity contribution in [3.63, 3.8) is 0 Å². The second kappa shape index (κ2) is 6.56. The van der Waals surface area contributed by atoms with Gasteiger partial charge in [0, 0.05) is 15.2 Å². The van der Waals surface area contributed by atoms with Crippen LogP contribution in [0, 0.1) is 22.7 Å². The first-order valence-electron chi connectivity index (χ1n) is 6.79. The molecule has 0 bridgehead atoms. The second-order valence-corrected chi connectivity index (χ2v) is 5.76. The number of hydrogen-bond donors (Lipinski definition) is 0. The van der Waals surface area contributed by atoms with Crippen molar-refractivity contribution in [2.45, 2.75) is 26.2 Å². The summed E-state index contributed by atoms with van der Waals surface area (Å²) in [6.45, 7) is 5.75. The van der Waals surface area contributed by atoms with E-state index in [2.05, 4.69) is 35.3 Å². The average Bonchev–Trinajstić information content (AvgIpc) is 3.04. The lowest BCUT2D eigenvalue weighted by atomic mass is 9.93. The van der Waals surface area contributed by atoms with Crippen LogP contribution in [-0.4, -0.2) is 20.0 Å². The molecule has 0 atom stereocenters. The molecule has 0 unspecified atom stereocenters. The molecule has 0 spiro atoms. The summed E-state index contributed by atoms with van der Waals surface area (Å²) in [6, 6.07) is 3.68. The van der Waals surface area contributed by atoms with Crippen LogP contribution < -0.4 is 0 Å². The minimum absolute atomic E-state index is 0.0206. The van der Waals surface area contributed by atoms with Gasteiger partial charge < -0.3 is 0 Å². The van der Waals surface area contributed by atoms with Crippen LogP contribution >= 0.6 is 0 Å². The summed E-state index contributed by atoms with van der Waals surface area (Å²) < 4.78 is 1.20. The standard InChI is InChI=1S/C13H10N12/c1-13(2,3)9-6-25(24-19-9)10-7(4-14)11(20-22-16)18-12(21-23-17)8(10)5-15/h6H,1-3H3. The zero-order valence-corrected chi connectivity index (χ0v) is 13.4. The molecule has 12 heteroatoms. The minimum atomic E-state index is -0.327. The van der Waals surface area contributed by atoms with Gasteiger partial charge in [-0.25, -0.2) is 9.67 Å². The Kier molecular flexibility index (Phi) is 4.53. The first-order valence-corrected chi connectivity index (χ1v) is 6.79. The number of nitrogens with zero attached hydrogens (tertiary/aromatic N) is 12. The molecule has 2 aromatic rings. The van der Waals surface area contributed by atoms with E-state index in [4.69, 9.17) is 11.1 Å². The smallest absolute Gasteiger partial charge is 0.147 e. The van der Waals surface area contributed by atoms with E-state index in [0.29, 0.717) is 5.69 Å². The van der Waals surface area contributed by atoms with Gasteiger partial charge in [-0.1, -0.05) is 26.0 Å². The van der Waals surface area contributed by atoms with Crippen molar-refractivity contribution in [3.8, 4) is 17.8 Å². The molecular weight excluding hydrogens is 324 g/mol. The number of nitriles is 2. The molecule has 0 saturated carbocycles. The molecule has 0 radical (unpaired) electrons. The molecule has 12 nitrogen and oxygen atoms in total. The van der Waals surface area contributed by atoms with Crippen LogP contribution in [0.4, 0.5) is 11.6 Å². The van der Waals surface area contributed by atoms with Gasteiger partial charge in [0.15, 0.2) is 0 Å². The lowest BCUT2D eigenvalue weighted by Crippen LogP contribution is -2.11. The molecule has 0 aliphatic carbocycles. The van der Waals surface area contributed by atoms with Crippen LogP contribution in [0.5, 0.6) is 0 Å². The highest BCUT2D eigenvalue weighted by molar-refractivity contribution is 5.72. The summed E-state index contributed by atoms with van der Waals surface area (Å²) >= 11 is 0. The van der Waals surface area contributed by atoms with E-state index in [1.807, 2.05) is 32.9 Å². The summed E-state index contributed by atoms with van der Waals surface area (Å²) in [5.41, 5.74) is 17.2. The average molecular weight is 334 g/mol. The predicted octanol–water partition coefficient (Wildman–Crippen LogP) is 3.59. The molecule has 2 rings (SSSR count). The molecule has 0 aromatic carbocycles. The number of pyridine rings is 1. The summed E-state index contributed by atoms with van der Waals surface area (Å²) in [5.74, 6) is -0.650. The summed E-state index contributed by atoms with van der Waals surface area (Å²) in [5, 5.41) is 33.5. The van der Waals surface area contributed by atoms with Gasteiger partial charge in [-0.15, -0.1) is 5.10 Å². The Bertz CT molecular complexity index is 959. The van der Waals surface area contributed by atoms with Crippen molar-refractivity contribution in [2.24, 2.45) is 10.2 Å². The van der Waals surface area contributed by atoms with Crippen LogP contribution in [0.15, 0.2) is 16.4 Å². The molecule has 0 aliphatic rings. The normalized spacial score (nSPS) is 10.1. The first-order chi connectivity index (χ1) is 11.9. The zero-order valence-electron chi connectivity index (χ0n) is 13.4. The molecule has 2 aromatic heterocycles. The van der Waals surface area contributed by atoms with Gasteiger partial charge in [0.05, 0.1) is 11.9 Å². The Morgan fingerprint density at radius 2 is 1.60 bits per heavy atom. The number of rotatable bonds is 3. The van der Waals surface area contributed by atoms with Crippen molar-refractivity contribution >= 4 is 11.6 Å². The highest BCUT2D eigenvalue weighted by atomic mass is 15.4. The second-order valence-electron chi connectivity index (χ2n) is 5.76. The predicted molar refractivity (Wildman–Crippen MR) is 84.9 cm³/mol. The monoisotopic (exact) mass is 334 g/mol. The van der Waals surface area contributed by atoms with E-state index >= 15 is 0 Å². The molecule has 0 fully saturated rings. The maximum absolute atomic E-state index is 9.45. The highest BCUT2D eigenvalue weighted by Crippen LogP contribution is 2.33. The lowest BCUT2D eigenvalue weighted by Gasteiger charge is -2.13. The van der Waals surface area contributed by atoms with Crippen molar-refractivity contribution in [1.82, 2.24) is 20.0 Å². The van der Waals surface area contributed by atoms with Crippen molar-refractivity contribution < 1.29 is 0 Å². The van der Waals surface area contributed by atoms with Crippen molar-refractivity contribution in [2.75, 3.05) is 0 Å². The van der Waals surface area contributed by atoms with Crippen LogP contribution in [0.2, 0.25) is 0 Å². The quantitative estimate of drug-likeness (QED) is 0.469. The van der Waals surface area contributed by atoms with Crippen molar-refractivity contribution in [3.05, 3.63) is 43.9 Å². The Balaban J connectivity index is 2.94. The fourth-order valence-corrected chi connectivity index (χ4v) is 1.93. The fraction of sp³-hybridized carbons (Fsp3) is 0.308. The summed E-state index contributed by atoms with van der Waals surface area (Å²) in [4.78, 5) is 8.99. The maximum atomic E-state index is 9.45. The molecule has 0 amide bonds. The number of aromatic nitrogens is 4. The van der Waals surface area contributed by atoms with Gasteiger partial charge in [0.1, 0.15) is 40.6 Å². The molecule has 0 N–H and O–H groups in total. The summed E-state index contributed by atoms with van der Waals surface area (Å²) in [7, 11) is 0. The maximum Gasteiger partial charge on any atom is 0.147 e. The molecule has 122 valence electrons. The highest BCUT2D eigenvalue weighted by Gasteiger charge is 2.24. The van der Waals surface area contributed by atoms with Crippen LogP contribution in [0.3, 0.4) is 0 Å². The molecule has 0 saturated heterocycles. The van der Waals surface area contributed by atoms with Gasteiger partial charge in [0.25, 0.3) is 0 Å². The van der Waals surface area contributed by atoms with E-state index in [9.17, 15) is 10.5 Å². The zero-order chi connectivity index (χ0) is 18.6. The van der Waals surface area contributed by atoms with Gasteiger partial charge in [-0.05, 0) is 21.3 Å². The van der Waals surface area contributed by atoms with Gasteiger partial charge in [-0.2, -0.15) is 10.5 Å². The third-order valence-electron chi connectivity index (χ3n) is 3.13. The Labute approximate surface area is 141 Å². The van der Waals surface area contributed by atoms with Crippen molar-refractivity contribution in [1.29, 1.82) is 10.5 Å². The lowest BCUT2D eigenvalue weighted by molar-refractivity contribution is 0.566. The Morgan fingerprint density at radius 3 is 1.96 bits per heavy atom. The largest absolute Gasteiger partial charge is 0.241 e. The molecular formula is C13H10N12. The molecule has 25 heavy (non-hydrogen) atoms. The van der Waals surface area contributed by atoms with E-state index < -0.39 is 0 Å². The number of azide groups is 2. The van der Waals surface area contributed by atoms with Gasteiger partial charge in [0.2, 0.25) is 0 Å². The first kappa shape index (κ1) is 17.2. The topological polar surface area (TPSA) is 189 Å². The molecule has 0 aliphatic heterocycles. The van der Waals surface area contributed by atoms with Crippen LogP contribution in [0.25, 0.3) is 26.6 Å². The van der Waals surface area contributed by atoms with Crippen LogP contribution in [0.1, 0.15) is 37.6 Å². The fourth-order valence-electron chi connectivity index (χ4n) is 1.93. The molecule has 2 heterocycles. The third kappa shape index (κ3) is 3.16. The third-order valence-corrected chi connectivity index (χ3v) is 3.13. The van der Waals surface area contributed by atoms with E-state index in [1.165, 1.54) is 10.9 Å². The van der Waals surface area contributed by atoms with Gasteiger partial charge >= 0.3 is 0 Å². The Hall–Kier alpha value is -4.11.